The summed E-state index contributed by atoms with van der Waals surface area (Å²) in [5.41, 5.74) is 9.36. The Morgan fingerprint density at radius 2 is 0.940 bits per heavy atom. The number of aromatic hydroxyl groups is 1. The number of hydrogen-bond acceptors (Lipinski definition) is 6. The van der Waals surface area contributed by atoms with Gasteiger partial charge in [0, 0.05) is 60.5 Å². The molecule has 0 aliphatic rings. The largest absolute Gasteiger partial charge is 0.504 e. The first-order valence-corrected chi connectivity index (χ1v) is 28.2. The van der Waals surface area contributed by atoms with Gasteiger partial charge in [-0.15, -0.1) is 0 Å². The zero-order valence-corrected chi connectivity index (χ0v) is 44.1. The number of nitrogens with zero attached hydrogens (tertiary/aromatic N) is 4. The van der Waals surface area contributed by atoms with Gasteiger partial charge >= 0.3 is 0 Å². The standard InChI is InChI=1S/C31H39FN2O2Si.C24H33FN2O2Si/c1-21(2)37(22(3)4,23(5)6)34-19-26(27-14-11-15-33-31(27)34)16-25-17-29(35-7)30(18-28(25)32)36-20-24-12-9-8-10-13-24;1-15(2)30(16(3)4,17(5)6)27-14-19(20-9-8-10-26-24(20)27)11-18-12-23(29-7)22(28)13-21(18)25/h8-15,17-19,21-23H,16,20H2,1-7H3;8-10,12-17,28H,11H2,1-7H3. The number of methoxy groups -OCH3 is 2. The van der Waals surface area contributed by atoms with Crippen molar-refractivity contribution in [2.24, 2.45) is 0 Å². The van der Waals surface area contributed by atoms with Gasteiger partial charge in [0.1, 0.15) is 29.5 Å². The highest BCUT2D eigenvalue weighted by molar-refractivity contribution is 6.83. The molecule has 0 spiro atoms. The number of halogens is 2. The van der Waals surface area contributed by atoms with Crippen molar-refractivity contribution < 1.29 is 28.1 Å². The third-order valence-electron chi connectivity index (χ3n) is 14.4. The van der Waals surface area contributed by atoms with Crippen LogP contribution in [0.25, 0.3) is 22.1 Å². The Kier molecular flexibility index (Phi) is 16.1. The van der Waals surface area contributed by atoms with E-state index in [1.165, 1.54) is 13.2 Å². The van der Waals surface area contributed by atoms with Crippen molar-refractivity contribution in [3.05, 3.63) is 143 Å². The van der Waals surface area contributed by atoms with E-state index in [4.69, 9.17) is 24.2 Å². The van der Waals surface area contributed by atoms with Crippen LogP contribution in [-0.4, -0.2) is 54.2 Å². The second kappa shape index (κ2) is 21.2. The van der Waals surface area contributed by atoms with E-state index in [0.717, 1.165) is 44.8 Å². The van der Waals surface area contributed by atoms with Gasteiger partial charge in [0.05, 0.1) is 14.2 Å². The predicted molar refractivity (Wildman–Crippen MR) is 276 cm³/mol. The number of aromatic nitrogens is 4. The summed E-state index contributed by atoms with van der Waals surface area (Å²) in [4.78, 5) is 9.61. The van der Waals surface area contributed by atoms with Crippen LogP contribution in [0.3, 0.4) is 0 Å². The Morgan fingerprint density at radius 1 is 0.522 bits per heavy atom. The van der Waals surface area contributed by atoms with Crippen molar-refractivity contribution >= 4 is 38.5 Å². The normalized spacial score (nSPS) is 12.3. The Bertz CT molecular complexity index is 2720. The molecule has 0 atom stereocenters. The molecule has 67 heavy (non-hydrogen) atoms. The number of phenolic OH excluding ortho intramolecular Hbond substituents is 1. The monoisotopic (exact) mass is 947 g/mol. The van der Waals surface area contributed by atoms with Crippen LogP contribution in [0, 0.1) is 11.6 Å². The molecule has 0 bridgehead atoms. The van der Waals surface area contributed by atoms with Gasteiger partial charge in [-0.05, 0) is 97.5 Å². The van der Waals surface area contributed by atoms with Crippen molar-refractivity contribution in [2.45, 2.75) is 136 Å². The van der Waals surface area contributed by atoms with Crippen LogP contribution in [0.15, 0.2) is 104 Å². The quantitative estimate of drug-likeness (QED) is 0.0916. The SMILES string of the molecule is COc1cc(Cc2cn([Si](C(C)C)(C(C)C)C(C)C)c3ncccc23)c(F)cc1O.COc1cc(Cc2cn([Si](C(C)C)(C(C)C)C(C)C)c3ncccc23)c(F)cc1OCc1ccccc1. The van der Waals surface area contributed by atoms with E-state index in [-0.39, 0.29) is 17.3 Å². The summed E-state index contributed by atoms with van der Waals surface area (Å²) in [5.74, 6) is 0.302. The zero-order valence-electron chi connectivity index (χ0n) is 42.1. The van der Waals surface area contributed by atoms with E-state index in [2.05, 4.69) is 116 Å². The van der Waals surface area contributed by atoms with Gasteiger partial charge in [-0.2, -0.15) is 0 Å². The Balaban J connectivity index is 0.000000226. The molecule has 4 heterocycles. The number of ether oxygens (including phenoxy) is 3. The summed E-state index contributed by atoms with van der Waals surface area (Å²) in [7, 11) is -0.975. The van der Waals surface area contributed by atoms with Gasteiger partial charge < -0.3 is 27.8 Å². The van der Waals surface area contributed by atoms with E-state index in [0.29, 0.717) is 75.3 Å². The third kappa shape index (κ3) is 9.79. The minimum atomic E-state index is -2.03. The minimum Gasteiger partial charge on any atom is -0.504 e. The molecule has 0 saturated carbocycles. The lowest BCUT2D eigenvalue weighted by Gasteiger charge is -2.44. The highest BCUT2D eigenvalue weighted by atomic mass is 28.3. The topological polar surface area (TPSA) is 83.6 Å². The van der Waals surface area contributed by atoms with Gasteiger partial charge in [-0.3, -0.25) is 0 Å². The van der Waals surface area contributed by atoms with Crippen molar-refractivity contribution in [2.75, 3.05) is 14.2 Å². The lowest BCUT2D eigenvalue weighted by atomic mass is 10.0. The molecule has 8 nitrogen and oxygen atoms in total. The van der Waals surface area contributed by atoms with E-state index in [1.54, 1.807) is 19.2 Å². The molecular weight excluding hydrogens is 875 g/mol. The predicted octanol–water partition coefficient (Wildman–Crippen LogP) is 14.9. The smallest absolute Gasteiger partial charge is 0.171 e. The Labute approximate surface area is 399 Å². The van der Waals surface area contributed by atoms with E-state index < -0.39 is 22.3 Å². The van der Waals surface area contributed by atoms with Gasteiger partial charge in [-0.25, -0.2) is 18.7 Å². The zero-order chi connectivity index (χ0) is 49.0. The van der Waals surface area contributed by atoms with Crippen LogP contribution >= 0.6 is 0 Å². The number of benzene rings is 3. The fraction of sp³-hybridized carbons (Fsp3) is 0.418. The number of pyridine rings is 2. The maximum absolute atomic E-state index is 15.5. The Hall–Kier alpha value is -5.47. The number of hydrogen-bond donors (Lipinski definition) is 1. The van der Waals surface area contributed by atoms with Crippen LogP contribution in [-0.2, 0) is 19.4 Å². The van der Waals surface area contributed by atoms with Crippen LogP contribution in [0.5, 0.6) is 23.0 Å². The first kappa shape index (κ1) is 50.9. The maximum atomic E-state index is 15.5. The molecule has 0 unspecified atom stereocenters. The lowest BCUT2D eigenvalue weighted by Crippen LogP contribution is -2.51. The second-order valence-electron chi connectivity index (χ2n) is 19.8. The molecule has 0 saturated heterocycles. The van der Waals surface area contributed by atoms with E-state index >= 15 is 4.39 Å². The molecule has 3 aromatic carbocycles. The Morgan fingerprint density at radius 3 is 1.36 bits per heavy atom. The molecule has 1 N–H and O–H groups in total. The second-order valence-corrected chi connectivity index (χ2v) is 31.3. The minimum absolute atomic E-state index is 0.186. The van der Waals surface area contributed by atoms with Gasteiger partial charge in [0.15, 0.2) is 39.5 Å². The summed E-state index contributed by atoms with van der Waals surface area (Å²) in [6.07, 6.45) is 9.04. The van der Waals surface area contributed by atoms with Crippen molar-refractivity contribution in [3.8, 4) is 23.0 Å². The van der Waals surface area contributed by atoms with Crippen LogP contribution < -0.4 is 14.2 Å². The molecule has 12 heteroatoms. The first-order valence-electron chi connectivity index (χ1n) is 23.8. The highest BCUT2D eigenvalue weighted by Crippen LogP contribution is 2.47. The van der Waals surface area contributed by atoms with Crippen molar-refractivity contribution in [1.29, 1.82) is 0 Å². The highest BCUT2D eigenvalue weighted by Gasteiger charge is 2.47. The lowest BCUT2D eigenvalue weighted by molar-refractivity contribution is 0.282. The maximum Gasteiger partial charge on any atom is 0.171 e. The van der Waals surface area contributed by atoms with Gasteiger partial charge in [0.2, 0.25) is 0 Å². The number of phenols is 1. The van der Waals surface area contributed by atoms with Crippen LogP contribution in [0.4, 0.5) is 8.78 Å². The average Bonchev–Trinajstić information content (AvgIpc) is 3.83. The first-order chi connectivity index (χ1) is 31.8. The molecule has 0 fully saturated rings. The summed E-state index contributed by atoms with van der Waals surface area (Å²) < 4.78 is 51.8. The number of fused-ring (bicyclic) bond motifs is 2. The average molecular weight is 947 g/mol. The van der Waals surface area contributed by atoms with E-state index in [9.17, 15) is 9.50 Å². The number of rotatable bonds is 17. The van der Waals surface area contributed by atoms with Crippen LogP contribution in [0.2, 0.25) is 33.2 Å². The molecule has 7 aromatic rings. The van der Waals surface area contributed by atoms with Crippen molar-refractivity contribution in [3.63, 3.8) is 0 Å². The third-order valence-corrected chi connectivity index (χ3v) is 27.8. The molecule has 0 amide bonds. The summed E-state index contributed by atoms with van der Waals surface area (Å²) in [6.45, 7) is 28.4. The molecule has 0 aliphatic heterocycles. The van der Waals surface area contributed by atoms with Gasteiger partial charge in [0.25, 0.3) is 0 Å². The van der Waals surface area contributed by atoms with Crippen molar-refractivity contribution in [1.82, 2.24) is 18.4 Å². The molecular formula is C55H72F2N4O4Si2. The summed E-state index contributed by atoms with van der Waals surface area (Å²) in [5, 5.41) is 12.0. The fourth-order valence-corrected chi connectivity index (χ4v) is 25.0. The molecule has 7 rings (SSSR count). The molecule has 0 aliphatic carbocycles. The van der Waals surface area contributed by atoms with Crippen LogP contribution in [0.1, 0.15) is 111 Å². The molecule has 358 valence electrons. The molecule has 0 radical (unpaired) electrons. The molecule has 4 aromatic heterocycles. The summed E-state index contributed by atoms with van der Waals surface area (Å²) in [6, 6.07) is 23.9. The fourth-order valence-electron chi connectivity index (χ4n) is 11.8. The summed E-state index contributed by atoms with van der Waals surface area (Å²) >= 11 is 0. The van der Waals surface area contributed by atoms with E-state index in [1.807, 2.05) is 54.9 Å². The van der Waals surface area contributed by atoms with Gasteiger partial charge in [-0.1, -0.05) is 113 Å².